The molecule has 2 fully saturated rings. The van der Waals surface area contributed by atoms with Crippen molar-refractivity contribution < 1.29 is 23.2 Å². The minimum Gasteiger partial charge on any atom is -0.487 e. The monoisotopic (exact) mass is 461 g/mol. The van der Waals surface area contributed by atoms with Crippen LogP contribution in [0.4, 0.5) is 21.0 Å². The van der Waals surface area contributed by atoms with Crippen LogP contribution < -0.4 is 15.0 Å². The van der Waals surface area contributed by atoms with E-state index in [2.05, 4.69) is 15.3 Å². The Balaban J connectivity index is 1.30. The highest BCUT2D eigenvalue weighted by atomic mass is 32.2. The molecule has 0 saturated carbocycles. The number of likely N-dealkylation sites (tertiary alicyclic amines) is 1. The standard InChI is InChI=1S/C21H24FN5O4S/c22-13-3-5-15(6-4-13)31-16-11-27(12-16)20-24-17-7-9-32(30)18(17)19(25-20)23-14-2-1-8-26(10-14)21(28)29/h3-6,14,16H,1-2,7-12H2,(H,28,29)(H,23,24,25)/t14-,32?/m0/s1. The molecule has 3 aliphatic heterocycles. The summed E-state index contributed by atoms with van der Waals surface area (Å²) in [6, 6.07) is 5.85. The lowest BCUT2D eigenvalue weighted by molar-refractivity contribution is 0.132. The van der Waals surface area contributed by atoms with E-state index in [1.54, 1.807) is 12.1 Å². The van der Waals surface area contributed by atoms with Gasteiger partial charge in [0.2, 0.25) is 5.95 Å². The molecule has 2 aromatic rings. The Hall–Kier alpha value is -2.95. The second kappa shape index (κ2) is 8.53. The van der Waals surface area contributed by atoms with Crippen LogP contribution in [-0.2, 0) is 17.2 Å². The van der Waals surface area contributed by atoms with Gasteiger partial charge in [-0.05, 0) is 37.1 Å². The molecule has 0 radical (unpaired) electrons. The number of hydrogen-bond donors (Lipinski definition) is 2. The van der Waals surface area contributed by atoms with Gasteiger partial charge >= 0.3 is 6.09 Å². The summed E-state index contributed by atoms with van der Waals surface area (Å²) in [7, 11) is -1.16. The maximum atomic E-state index is 13.1. The molecule has 0 bridgehead atoms. The zero-order valence-corrected chi connectivity index (χ0v) is 18.2. The van der Waals surface area contributed by atoms with Crippen molar-refractivity contribution in [2.45, 2.75) is 36.3 Å². The number of amides is 1. The van der Waals surface area contributed by atoms with Crippen LogP contribution >= 0.6 is 0 Å². The van der Waals surface area contributed by atoms with Crippen LogP contribution in [0.25, 0.3) is 0 Å². The maximum Gasteiger partial charge on any atom is 0.407 e. The SMILES string of the molecule is O=C(O)N1CCC[C@H](Nc2nc(N3CC(Oc4ccc(F)cc4)C3)nc3c2S(=O)CC3)C1. The zero-order valence-electron chi connectivity index (χ0n) is 17.4. The first-order valence-electron chi connectivity index (χ1n) is 10.7. The molecule has 1 amide bonds. The Kier molecular flexibility index (Phi) is 5.58. The molecule has 9 nitrogen and oxygen atoms in total. The van der Waals surface area contributed by atoms with Gasteiger partial charge in [0, 0.05) is 31.3 Å². The Labute approximate surface area is 187 Å². The predicted octanol–water partition coefficient (Wildman–Crippen LogP) is 2.10. The van der Waals surface area contributed by atoms with Gasteiger partial charge in [0.05, 0.1) is 29.6 Å². The summed E-state index contributed by atoms with van der Waals surface area (Å²) >= 11 is 0. The van der Waals surface area contributed by atoms with E-state index < -0.39 is 16.9 Å². The molecule has 4 heterocycles. The minimum absolute atomic E-state index is 0.0506. The highest BCUT2D eigenvalue weighted by Crippen LogP contribution is 2.32. The molecule has 0 aliphatic carbocycles. The topological polar surface area (TPSA) is 108 Å². The summed E-state index contributed by atoms with van der Waals surface area (Å²) in [4.78, 5) is 24.7. The second-order valence-electron chi connectivity index (χ2n) is 8.26. The van der Waals surface area contributed by atoms with Crippen molar-refractivity contribution in [1.82, 2.24) is 14.9 Å². The lowest BCUT2D eigenvalue weighted by atomic mass is 10.1. The van der Waals surface area contributed by atoms with Crippen LogP contribution in [0.2, 0.25) is 0 Å². The number of nitrogens with one attached hydrogen (secondary N) is 1. The number of hydrogen-bond acceptors (Lipinski definition) is 7. The lowest BCUT2D eigenvalue weighted by Crippen LogP contribution is -2.54. The van der Waals surface area contributed by atoms with E-state index in [1.165, 1.54) is 17.0 Å². The van der Waals surface area contributed by atoms with E-state index in [1.807, 2.05) is 4.90 Å². The molecule has 1 aromatic carbocycles. The lowest BCUT2D eigenvalue weighted by Gasteiger charge is -2.39. The van der Waals surface area contributed by atoms with Crippen LogP contribution in [0.1, 0.15) is 18.5 Å². The number of halogens is 1. The first-order chi connectivity index (χ1) is 15.5. The fraction of sp³-hybridized carbons (Fsp3) is 0.476. The van der Waals surface area contributed by atoms with Crippen molar-refractivity contribution in [3.05, 3.63) is 35.8 Å². The van der Waals surface area contributed by atoms with E-state index in [0.717, 1.165) is 18.5 Å². The average Bonchev–Trinajstić information content (AvgIpc) is 3.13. The Morgan fingerprint density at radius 3 is 2.75 bits per heavy atom. The van der Waals surface area contributed by atoms with Gasteiger partial charge in [-0.25, -0.2) is 14.2 Å². The van der Waals surface area contributed by atoms with Gasteiger partial charge < -0.3 is 25.0 Å². The molecule has 11 heteroatoms. The third-order valence-electron chi connectivity index (χ3n) is 5.96. The van der Waals surface area contributed by atoms with Crippen LogP contribution in [0, 0.1) is 5.82 Å². The van der Waals surface area contributed by atoms with Crippen molar-refractivity contribution in [2.24, 2.45) is 0 Å². The number of nitrogens with zero attached hydrogens (tertiary/aromatic N) is 4. The van der Waals surface area contributed by atoms with Gasteiger partial charge in [-0.2, -0.15) is 4.98 Å². The molecule has 5 rings (SSSR count). The summed E-state index contributed by atoms with van der Waals surface area (Å²) in [5.41, 5.74) is 0.782. The minimum atomic E-state index is -1.16. The highest BCUT2D eigenvalue weighted by molar-refractivity contribution is 7.85. The molecule has 0 spiro atoms. The maximum absolute atomic E-state index is 13.1. The van der Waals surface area contributed by atoms with Crippen molar-refractivity contribution in [3.8, 4) is 5.75 Å². The number of aromatic nitrogens is 2. The smallest absolute Gasteiger partial charge is 0.407 e. The van der Waals surface area contributed by atoms with Crippen molar-refractivity contribution >= 4 is 28.7 Å². The molecule has 170 valence electrons. The Morgan fingerprint density at radius 1 is 1.22 bits per heavy atom. The molecular weight excluding hydrogens is 437 g/mol. The number of carbonyl (C=O) groups is 1. The van der Waals surface area contributed by atoms with E-state index in [-0.39, 0.29) is 18.0 Å². The number of benzene rings is 1. The fourth-order valence-corrected chi connectivity index (χ4v) is 5.58. The second-order valence-corrected chi connectivity index (χ2v) is 9.77. The largest absolute Gasteiger partial charge is 0.487 e. The van der Waals surface area contributed by atoms with E-state index in [4.69, 9.17) is 4.74 Å². The van der Waals surface area contributed by atoms with E-state index in [0.29, 0.717) is 60.8 Å². The summed E-state index contributed by atoms with van der Waals surface area (Å²) in [5.74, 6) is 1.92. The molecule has 32 heavy (non-hydrogen) atoms. The number of rotatable bonds is 5. The molecule has 2 N–H and O–H groups in total. The number of ether oxygens (including phenoxy) is 1. The van der Waals surface area contributed by atoms with Crippen LogP contribution in [-0.4, -0.2) is 74.4 Å². The first-order valence-corrected chi connectivity index (χ1v) is 12.0. The highest BCUT2D eigenvalue weighted by Gasteiger charge is 2.34. The number of carboxylic acid groups (broad SMARTS) is 1. The van der Waals surface area contributed by atoms with Crippen LogP contribution in [0.5, 0.6) is 5.75 Å². The number of piperidine rings is 1. The molecule has 3 aliphatic rings. The van der Waals surface area contributed by atoms with Gasteiger partial charge in [0.15, 0.2) is 0 Å². The molecule has 1 unspecified atom stereocenters. The number of anilines is 2. The number of aryl methyl sites for hydroxylation is 1. The fourth-order valence-electron chi connectivity index (χ4n) is 4.27. The predicted molar refractivity (Wildman–Crippen MR) is 116 cm³/mol. The van der Waals surface area contributed by atoms with Crippen molar-refractivity contribution in [1.29, 1.82) is 0 Å². The first kappa shape index (κ1) is 20.9. The molecule has 1 aromatic heterocycles. The summed E-state index contributed by atoms with van der Waals surface area (Å²) in [6.07, 6.45) is 1.23. The summed E-state index contributed by atoms with van der Waals surface area (Å²) in [5, 5.41) is 12.7. The van der Waals surface area contributed by atoms with E-state index in [9.17, 15) is 18.5 Å². The van der Waals surface area contributed by atoms with Crippen LogP contribution in [0.3, 0.4) is 0 Å². The van der Waals surface area contributed by atoms with Gasteiger partial charge in [0.25, 0.3) is 0 Å². The molecule has 2 saturated heterocycles. The van der Waals surface area contributed by atoms with Gasteiger partial charge in [-0.1, -0.05) is 0 Å². The summed E-state index contributed by atoms with van der Waals surface area (Å²) < 4.78 is 31.5. The van der Waals surface area contributed by atoms with Gasteiger partial charge in [-0.15, -0.1) is 0 Å². The Morgan fingerprint density at radius 2 is 2.00 bits per heavy atom. The summed E-state index contributed by atoms with van der Waals surface area (Å²) in [6.45, 7) is 2.08. The molecule has 2 atom stereocenters. The van der Waals surface area contributed by atoms with Crippen molar-refractivity contribution in [3.63, 3.8) is 0 Å². The van der Waals surface area contributed by atoms with E-state index >= 15 is 0 Å². The van der Waals surface area contributed by atoms with Crippen LogP contribution in [0.15, 0.2) is 29.2 Å². The van der Waals surface area contributed by atoms with Gasteiger partial charge in [0.1, 0.15) is 28.4 Å². The van der Waals surface area contributed by atoms with Gasteiger partial charge in [-0.3, -0.25) is 4.21 Å². The number of fused-ring (bicyclic) bond motifs is 1. The third kappa shape index (κ3) is 4.21. The average molecular weight is 462 g/mol. The Bertz CT molecular complexity index is 1050. The zero-order chi connectivity index (χ0) is 22.2. The third-order valence-corrected chi connectivity index (χ3v) is 7.42. The quantitative estimate of drug-likeness (QED) is 0.697. The normalized spacial score (nSPS) is 22.9. The van der Waals surface area contributed by atoms with Crippen molar-refractivity contribution in [2.75, 3.05) is 42.1 Å². The molecular formula is C21H24FN5O4S.